The number of hydrogen-bond donors (Lipinski definition) is 3. The van der Waals surface area contributed by atoms with E-state index in [0.29, 0.717) is 6.42 Å². The van der Waals surface area contributed by atoms with E-state index in [1.54, 1.807) is 0 Å². The van der Waals surface area contributed by atoms with Gasteiger partial charge < -0.3 is 15.3 Å². The molecule has 0 aliphatic rings. The highest BCUT2D eigenvalue weighted by atomic mass is 35.5. The second-order valence-corrected chi connectivity index (χ2v) is 6.75. The number of hydrogen-bond acceptors (Lipinski definition) is 3. The van der Waals surface area contributed by atoms with Gasteiger partial charge in [-0.25, -0.2) is 0 Å². The lowest BCUT2D eigenvalue weighted by molar-refractivity contribution is 0.284. The first-order valence-corrected chi connectivity index (χ1v) is 9.23. The number of aliphatic hydroxyl groups is 3. The van der Waals surface area contributed by atoms with Gasteiger partial charge in [-0.2, -0.15) is 0 Å². The molecule has 0 amide bonds. The molecule has 0 aliphatic carbocycles. The van der Waals surface area contributed by atoms with Crippen LogP contribution in [0.3, 0.4) is 0 Å². The molecule has 0 saturated carbocycles. The highest BCUT2D eigenvalue weighted by Crippen LogP contribution is 2.33. The number of unbranched alkanes of at least 4 members (excludes halogenated alkanes) is 2. The first kappa shape index (κ1) is 20.7. The standard InChI is InChI=1S/C18H28Cl2O3/c19-17(8-5-11-23)16-12-14(6-1-3-9-21)18(20)15(13-16)7-2-4-10-22/h12-13,17,21-23H,1-11H2. The second kappa shape index (κ2) is 12.1. The van der Waals surface area contributed by atoms with Crippen molar-refractivity contribution in [2.45, 2.75) is 56.7 Å². The molecule has 1 atom stereocenters. The molecule has 23 heavy (non-hydrogen) atoms. The molecule has 3 N–H and O–H groups in total. The summed E-state index contributed by atoms with van der Waals surface area (Å²) in [7, 11) is 0. The summed E-state index contributed by atoms with van der Waals surface area (Å²) >= 11 is 13.0. The quantitative estimate of drug-likeness (QED) is 0.388. The molecule has 0 fully saturated rings. The monoisotopic (exact) mass is 362 g/mol. The molecule has 0 aliphatic heterocycles. The van der Waals surface area contributed by atoms with Gasteiger partial charge in [0, 0.05) is 24.8 Å². The van der Waals surface area contributed by atoms with Gasteiger partial charge in [-0.3, -0.25) is 0 Å². The number of rotatable bonds is 12. The molecular weight excluding hydrogens is 335 g/mol. The number of benzene rings is 1. The third kappa shape index (κ3) is 7.40. The Balaban J connectivity index is 2.94. The van der Waals surface area contributed by atoms with Crippen LogP contribution in [0, 0.1) is 0 Å². The van der Waals surface area contributed by atoms with Crippen LogP contribution in [0.15, 0.2) is 12.1 Å². The Bertz CT molecular complexity index is 421. The Kier molecular flexibility index (Phi) is 10.9. The van der Waals surface area contributed by atoms with E-state index in [4.69, 9.17) is 38.5 Å². The predicted molar refractivity (Wildman–Crippen MR) is 96.4 cm³/mol. The van der Waals surface area contributed by atoms with Gasteiger partial charge in [-0.1, -0.05) is 23.7 Å². The van der Waals surface area contributed by atoms with E-state index in [9.17, 15) is 0 Å². The van der Waals surface area contributed by atoms with Crippen molar-refractivity contribution in [3.8, 4) is 0 Å². The molecule has 0 spiro atoms. The van der Waals surface area contributed by atoms with Gasteiger partial charge in [0.05, 0.1) is 5.38 Å². The third-order valence-corrected chi connectivity index (χ3v) is 4.89. The van der Waals surface area contributed by atoms with Gasteiger partial charge in [0.2, 0.25) is 0 Å². The SMILES string of the molecule is OCCCCc1cc(C(Cl)CCCO)cc(CCCCO)c1Cl. The molecule has 0 saturated heterocycles. The first-order chi connectivity index (χ1) is 11.1. The molecule has 0 heterocycles. The molecule has 132 valence electrons. The van der Waals surface area contributed by atoms with Gasteiger partial charge in [-0.05, 0) is 68.1 Å². The average Bonchev–Trinajstić information content (AvgIpc) is 2.55. The van der Waals surface area contributed by atoms with Crippen LogP contribution in [0.2, 0.25) is 5.02 Å². The van der Waals surface area contributed by atoms with Crippen LogP contribution >= 0.6 is 23.2 Å². The zero-order chi connectivity index (χ0) is 17.1. The largest absolute Gasteiger partial charge is 0.396 e. The molecular formula is C18H28Cl2O3. The van der Waals surface area contributed by atoms with E-state index < -0.39 is 0 Å². The molecule has 0 bridgehead atoms. The average molecular weight is 363 g/mol. The molecule has 5 heteroatoms. The Hall–Kier alpha value is -0.320. The Morgan fingerprint density at radius 2 is 1.26 bits per heavy atom. The topological polar surface area (TPSA) is 60.7 Å². The fourth-order valence-electron chi connectivity index (χ4n) is 2.61. The fourth-order valence-corrected chi connectivity index (χ4v) is 3.19. The summed E-state index contributed by atoms with van der Waals surface area (Å²) in [5.41, 5.74) is 3.19. The number of halogens is 2. The predicted octanol–water partition coefficient (Wildman–Crippen LogP) is 4.02. The molecule has 3 nitrogen and oxygen atoms in total. The van der Waals surface area contributed by atoms with Crippen molar-refractivity contribution in [2.24, 2.45) is 0 Å². The maximum atomic E-state index is 8.97. The number of aliphatic hydroxyl groups excluding tert-OH is 3. The van der Waals surface area contributed by atoms with Crippen molar-refractivity contribution in [2.75, 3.05) is 19.8 Å². The first-order valence-electron chi connectivity index (χ1n) is 8.41. The smallest absolute Gasteiger partial charge is 0.0586 e. The Labute approximate surface area is 149 Å². The van der Waals surface area contributed by atoms with Crippen molar-refractivity contribution < 1.29 is 15.3 Å². The number of aryl methyl sites for hydroxylation is 2. The maximum Gasteiger partial charge on any atom is 0.0586 e. The lowest BCUT2D eigenvalue weighted by Gasteiger charge is -2.16. The van der Waals surface area contributed by atoms with Crippen LogP contribution in [0.4, 0.5) is 0 Å². The van der Waals surface area contributed by atoms with Gasteiger partial charge in [0.15, 0.2) is 0 Å². The summed E-state index contributed by atoms with van der Waals surface area (Å²) in [6.07, 6.45) is 6.35. The zero-order valence-corrected chi connectivity index (χ0v) is 15.1. The van der Waals surface area contributed by atoms with Crippen molar-refractivity contribution in [1.82, 2.24) is 0 Å². The Morgan fingerprint density at radius 3 is 1.70 bits per heavy atom. The molecule has 1 rings (SSSR count). The molecule has 0 aromatic heterocycles. The van der Waals surface area contributed by atoms with Crippen LogP contribution in [0.25, 0.3) is 0 Å². The maximum absolute atomic E-state index is 8.97. The van der Waals surface area contributed by atoms with Crippen LogP contribution in [0.1, 0.15) is 60.6 Å². The lowest BCUT2D eigenvalue weighted by Crippen LogP contribution is -2.01. The van der Waals surface area contributed by atoms with E-state index in [1.807, 2.05) is 0 Å². The normalized spacial score (nSPS) is 12.6. The van der Waals surface area contributed by atoms with E-state index in [0.717, 1.165) is 66.7 Å². The lowest BCUT2D eigenvalue weighted by atomic mass is 9.96. The molecule has 1 aromatic rings. The summed E-state index contributed by atoms with van der Waals surface area (Å²) in [6.45, 7) is 0.522. The highest BCUT2D eigenvalue weighted by Gasteiger charge is 2.14. The summed E-state index contributed by atoms with van der Waals surface area (Å²) in [5, 5.41) is 27.5. The van der Waals surface area contributed by atoms with Gasteiger partial charge in [0.1, 0.15) is 0 Å². The van der Waals surface area contributed by atoms with Gasteiger partial charge in [0.25, 0.3) is 0 Å². The van der Waals surface area contributed by atoms with Crippen molar-refractivity contribution >= 4 is 23.2 Å². The van der Waals surface area contributed by atoms with E-state index in [-0.39, 0.29) is 25.2 Å². The zero-order valence-electron chi connectivity index (χ0n) is 13.6. The van der Waals surface area contributed by atoms with Gasteiger partial charge >= 0.3 is 0 Å². The summed E-state index contributed by atoms with van der Waals surface area (Å²) in [6, 6.07) is 4.12. The minimum absolute atomic E-state index is 0.132. The van der Waals surface area contributed by atoms with Crippen molar-refractivity contribution in [3.05, 3.63) is 33.8 Å². The third-order valence-electron chi connectivity index (χ3n) is 3.93. The highest BCUT2D eigenvalue weighted by molar-refractivity contribution is 6.32. The molecule has 1 aromatic carbocycles. The van der Waals surface area contributed by atoms with E-state index in [2.05, 4.69) is 12.1 Å². The number of alkyl halides is 1. The van der Waals surface area contributed by atoms with Crippen LogP contribution in [0.5, 0.6) is 0 Å². The van der Waals surface area contributed by atoms with Crippen LogP contribution < -0.4 is 0 Å². The Morgan fingerprint density at radius 1 is 0.783 bits per heavy atom. The fraction of sp³-hybridized carbons (Fsp3) is 0.667. The van der Waals surface area contributed by atoms with Crippen molar-refractivity contribution in [1.29, 1.82) is 0 Å². The van der Waals surface area contributed by atoms with Crippen LogP contribution in [-0.2, 0) is 12.8 Å². The van der Waals surface area contributed by atoms with E-state index >= 15 is 0 Å². The molecule has 0 radical (unpaired) electrons. The summed E-state index contributed by atoms with van der Waals surface area (Å²) < 4.78 is 0. The second-order valence-electron chi connectivity index (χ2n) is 5.85. The van der Waals surface area contributed by atoms with E-state index in [1.165, 1.54) is 0 Å². The van der Waals surface area contributed by atoms with Gasteiger partial charge in [-0.15, -0.1) is 11.6 Å². The summed E-state index contributed by atoms with van der Waals surface area (Å²) in [4.78, 5) is 0. The summed E-state index contributed by atoms with van der Waals surface area (Å²) in [5.74, 6) is 0. The molecule has 1 unspecified atom stereocenters. The minimum Gasteiger partial charge on any atom is -0.396 e. The minimum atomic E-state index is -0.132. The van der Waals surface area contributed by atoms with Crippen molar-refractivity contribution in [3.63, 3.8) is 0 Å². The van der Waals surface area contributed by atoms with Crippen LogP contribution in [-0.4, -0.2) is 35.1 Å².